The van der Waals surface area contributed by atoms with Gasteiger partial charge < -0.3 is 10.4 Å². The van der Waals surface area contributed by atoms with Crippen molar-refractivity contribution in [3.8, 4) is 5.75 Å². The number of urea groups is 1. The van der Waals surface area contributed by atoms with Crippen LogP contribution < -0.4 is 5.32 Å². The standard InChI is InChI=1S/C9H10N2O3/c1-5-6(2)8(12)4-3-7(5)10-9(13)11-14/h3-4,12H,1-2H3,(H,10,13). The van der Waals surface area contributed by atoms with Gasteiger partial charge in [-0.15, -0.1) is 4.91 Å². The molecule has 0 bridgehead atoms. The fourth-order valence-electron chi connectivity index (χ4n) is 1.08. The molecule has 0 aliphatic heterocycles. The second kappa shape index (κ2) is 3.87. The molecule has 0 atom stereocenters. The largest absolute Gasteiger partial charge is 0.508 e. The van der Waals surface area contributed by atoms with Crippen LogP contribution in [0.1, 0.15) is 11.1 Å². The summed E-state index contributed by atoms with van der Waals surface area (Å²) in [5.41, 5.74) is 1.85. The SMILES string of the molecule is Cc1c(O)ccc(NC(=O)N=O)c1C. The molecule has 74 valence electrons. The molecule has 1 rings (SSSR count). The number of phenolic OH excluding ortho intramolecular Hbond substituents is 1. The highest BCUT2D eigenvalue weighted by Crippen LogP contribution is 2.26. The first kappa shape index (κ1) is 10.2. The third-order valence-electron chi connectivity index (χ3n) is 2.08. The van der Waals surface area contributed by atoms with Gasteiger partial charge in [0.25, 0.3) is 0 Å². The topological polar surface area (TPSA) is 78.8 Å². The molecule has 14 heavy (non-hydrogen) atoms. The molecule has 0 unspecified atom stereocenters. The van der Waals surface area contributed by atoms with Crippen LogP contribution in [0.15, 0.2) is 17.3 Å². The zero-order chi connectivity index (χ0) is 10.7. The minimum Gasteiger partial charge on any atom is -0.508 e. The highest BCUT2D eigenvalue weighted by molar-refractivity contribution is 5.90. The number of nitrogens with zero attached hydrogens (tertiary/aromatic N) is 1. The van der Waals surface area contributed by atoms with E-state index in [0.717, 1.165) is 0 Å². The predicted octanol–water partition coefficient (Wildman–Crippen LogP) is 2.31. The van der Waals surface area contributed by atoms with Gasteiger partial charge in [-0.05, 0) is 37.1 Å². The molecule has 5 nitrogen and oxygen atoms in total. The Bertz CT molecular complexity index is 388. The van der Waals surface area contributed by atoms with Crippen molar-refractivity contribution in [2.24, 2.45) is 5.18 Å². The van der Waals surface area contributed by atoms with E-state index in [2.05, 4.69) is 10.5 Å². The number of nitrogens with one attached hydrogen (secondary N) is 1. The number of rotatable bonds is 1. The number of amides is 2. The Morgan fingerprint density at radius 1 is 1.36 bits per heavy atom. The van der Waals surface area contributed by atoms with Crippen LogP contribution in [0.25, 0.3) is 0 Å². The summed E-state index contributed by atoms with van der Waals surface area (Å²) in [5, 5.41) is 13.8. The number of carbonyl (C=O) groups is 1. The second-order valence-corrected chi connectivity index (χ2v) is 2.90. The molecular weight excluding hydrogens is 184 g/mol. The van der Waals surface area contributed by atoms with Crippen molar-refractivity contribution in [3.05, 3.63) is 28.2 Å². The fraction of sp³-hybridized carbons (Fsp3) is 0.222. The molecule has 2 amide bonds. The molecule has 0 aliphatic carbocycles. The van der Waals surface area contributed by atoms with Crippen LogP contribution in [0.2, 0.25) is 0 Å². The highest BCUT2D eigenvalue weighted by atomic mass is 16.3. The molecule has 0 fully saturated rings. The lowest BCUT2D eigenvalue weighted by Crippen LogP contribution is -2.06. The number of anilines is 1. The zero-order valence-electron chi connectivity index (χ0n) is 7.87. The molecule has 2 N–H and O–H groups in total. The molecule has 0 spiro atoms. The van der Waals surface area contributed by atoms with Gasteiger partial charge in [-0.1, -0.05) is 0 Å². The van der Waals surface area contributed by atoms with Crippen LogP contribution >= 0.6 is 0 Å². The predicted molar refractivity (Wildman–Crippen MR) is 52.4 cm³/mol. The molecule has 0 heterocycles. The minimum atomic E-state index is -0.946. The van der Waals surface area contributed by atoms with Crippen LogP contribution in [0.4, 0.5) is 10.5 Å². The second-order valence-electron chi connectivity index (χ2n) is 2.90. The van der Waals surface area contributed by atoms with Crippen molar-refractivity contribution in [2.75, 3.05) is 5.32 Å². The molecule has 1 aromatic carbocycles. The lowest BCUT2D eigenvalue weighted by molar-refractivity contribution is 0.259. The summed E-state index contributed by atoms with van der Waals surface area (Å²) in [5.74, 6) is 0.152. The average Bonchev–Trinajstić information content (AvgIpc) is 2.19. The first-order valence-electron chi connectivity index (χ1n) is 3.99. The summed E-state index contributed by atoms with van der Waals surface area (Å²) in [6, 6.07) is 2.02. The third kappa shape index (κ3) is 1.87. The van der Waals surface area contributed by atoms with Crippen molar-refractivity contribution in [3.63, 3.8) is 0 Å². The maximum absolute atomic E-state index is 10.7. The van der Waals surface area contributed by atoms with Gasteiger partial charge in [-0.2, -0.15) is 0 Å². The number of hydrogen-bond donors (Lipinski definition) is 2. The summed E-state index contributed by atoms with van der Waals surface area (Å²) in [4.78, 5) is 20.5. The van der Waals surface area contributed by atoms with E-state index < -0.39 is 6.03 Å². The first-order valence-corrected chi connectivity index (χ1v) is 3.99. The summed E-state index contributed by atoms with van der Waals surface area (Å²) in [7, 11) is 0. The van der Waals surface area contributed by atoms with Gasteiger partial charge >= 0.3 is 6.03 Å². The molecular formula is C9H10N2O3. The van der Waals surface area contributed by atoms with Crippen LogP contribution in [0, 0.1) is 18.8 Å². The number of carbonyl (C=O) groups excluding carboxylic acids is 1. The monoisotopic (exact) mass is 194 g/mol. The summed E-state index contributed by atoms with van der Waals surface area (Å²) in [6.45, 7) is 3.45. The van der Waals surface area contributed by atoms with E-state index in [1.54, 1.807) is 13.8 Å². The van der Waals surface area contributed by atoms with Crippen LogP contribution in [-0.2, 0) is 0 Å². The quantitative estimate of drug-likeness (QED) is 0.531. The number of hydrogen-bond acceptors (Lipinski definition) is 3. The number of nitroso groups, excluding NO2 is 1. The summed E-state index contributed by atoms with van der Waals surface area (Å²) >= 11 is 0. The van der Waals surface area contributed by atoms with Gasteiger partial charge in [0.05, 0.1) is 0 Å². The Hall–Kier alpha value is -1.91. The molecule has 0 saturated carbocycles. The Morgan fingerprint density at radius 3 is 2.57 bits per heavy atom. The Kier molecular flexibility index (Phi) is 2.81. The molecule has 0 saturated heterocycles. The Morgan fingerprint density at radius 2 is 2.00 bits per heavy atom. The fourth-order valence-corrected chi connectivity index (χ4v) is 1.08. The minimum absolute atomic E-state index is 0.152. The normalized spacial score (nSPS) is 9.57. The van der Waals surface area contributed by atoms with Gasteiger partial charge in [0.15, 0.2) is 0 Å². The van der Waals surface area contributed by atoms with E-state index in [9.17, 15) is 14.8 Å². The van der Waals surface area contributed by atoms with Crippen LogP contribution in [0.3, 0.4) is 0 Å². The molecule has 0 aromatic heterocycles. The maximum atomic E-state index is 10.7. The number of benzene rings is 1. The van der Waals surface area contributed by atoms with Crippen LogP contribution in [0.5, 0.6) is 5.75 Å². The first-order chi connectivity index (χ1) is 6.56. The van der Waals surface area contributed by atoms with E-state index in [0.29, 0.717) is 16.8 Å². The smallest absolute Gasteiger partial charge is 0.383 e. The summed E-state index contributed by atoms with van der Waals surface area (Å²) in [6.07, 6.45) is 0. The van der Waals surface area contributed by atoms with Crippen molar-refractivity contribution in [2.45, 2.75) is 13.8 Å². The van der Waals surface area contributed by atoms with Gasteiger partial charge in [0.1, 0.15) is 5.75 Å². The van der Waals surface area contributed by atoms with Gasteiger partial charge in [0, 0.05) is 10.9 Å². The lowest BCUT2D eigenvalue weighted by Gasteiger charge is -2.08. The molecule has 0 radical (unpaired) electrons. The zero-order valence-corrected chi connectivity index (χ0v) is 7.87. The Labute approximate surface area is 80.7 Å². The van der Waals surface area contributed by atoms with Gasteiger partial charge in [-0.25, -0.2) is 4.79 Å². The number of phenols is 1. The van der Waals surface area contributed by atoms with E-state index in [4.69, 9.17) is 0 Å². The molecule has 1 aromatic rings. The number of aromatic hydroxyl groups is 1. The average molecular weight is 194 g/mol. The molecule has 0 aliphatic rings. The van der Waals surface area contributed by atoms with E-state index in [1.165, 1.54) is 12.1 Å². The van der Waals surface area contributed by atoms with Crippen molar-refractivity contribution < 1.29 is 9.90 Å². The maximum Gasteiger partial charge on any atom is 0.383 e. The van der Waals surface area contributed by atoms with E-state index in [-0.39, 0.29) is 5.75 Å². The molecule has 5 heteroatoms. The van der Waals surface area contributed by atoms with E-state index in [1.807, 2.05) is 0 Å². The van der Waals surface area contributed by atoms with Gasteiger partial charge in [-0.3, -0.25) is 0 Å². The highest BCUT2D eigenvalue weighted by Gasteiger charge is 2.07. The lowest BCUT2D eigenvalue weighted by atomic mass is 10.1. The van der Waals surface area contributed by atoms with Crippen molar-refractivity contribution in [1.29, 1.82) is 0 Å². The Balaban J connectivity index is 3.05. The third-order valence-corrected chi connectivity index (χ3v) is 2.08. The summed E-state index contributed by atoms with van der Waals surface area (Å²) < 4.78 is 0. The van der Waals surface area contributed by atoms with Crippen LogP contribution in [-0.4, -0.2) is 11.1 Å². The van der Waals surface area contributed by atoms with E-state index >= 15 is 0 Å². The van der Waals surface area contributed by atoms with Gasteiger partial charge in [0.2, 0.25) is 0 Å². The van der Waals surface area contributed by atoms with Crippen molar-refractivity contribution in [1.82, 2.24) is 0 Å². The van der Waals surface area contributed by atoms with Crippen molar-refractivity contribution >= 4 is 11.7 Å².